The molecule has 1 aromatic heterocycles. The van der Waals surface area contributed by atoms with E-state index in [-0.39, 0.29) is 11.9 Å². The van der Waals surface area contributed by atoms with Crippen molar-refractivity contribution in [2.45, 2.75) is 25.8 Å². The molecule has 114 valence electrons. The lowest BCUT2D eigenvalue weighted by atomic mass is 10.0. The van der Waals surface area contributed by atoms with Crippen LogP contribution < -0.4 is 11.3 Å². The highest BCUT2D eigenvalue weighted by Crippen LogP contribution is 2.28. The van der Waals surface area contributed by atoms with Crippen LogP contribution in [-0.2, 0) is 19.9 Å². The van der Waals surface area contributed by atoms with E-state index in [2.05, 4.69) is 56.0 Å². The van der Waals surface area contributed by atoms with E-state index >= 15 is 0 Å². The number of hydrazine groups is 1. The third-order valence-corrected chi connectivity index (χ3v) is 5.29. The van der Waals surface area contributed by atoms with Gasteiger partial charge < -0.3 is 0 Å². The van der Waals surface area contributed by atoms with Gasteiger partial charge in [0.15, 0.2) is 0 Å². The molecule has 2 aromatic rings. The SMILES string of the molecule is CCc1nn(C)c(CC(NN)c2ccc(F)cc2I)c1Br. The Morgan fingerprint density at radius 2 is 2.24 bits per heavy atom. The molecular formula is C14H17BrFIN4. The van der Waals surface area contributed by atoms with Crippen LogP contribution in [0.1, 0.15) is 29.9 Å². The fraction of sp³-hybridized carbons (Fsp3) is 0.357. The van der Waals surface area contributed by atoms with E-state index in [1.165, 1.54) is 12.1 Å². The minimum atomic E-state index is -0.242. The van der Waals surface area contributed by atoms with E-state index in [9.17, 15) is 4.39 Å². The molecule has 0 spiro atoms. The fourth-order valence-electron chi connectivity index (χ4n) is 2.28. The van der Waals surface area contributed by atoms with E-state index in [4.69, 9.17) is 5.84 Å². The Morgan fingerprint density at radius 3 is 2.76 bits per heavy atom. The smallest absolute Gasteiger partial charge is 0.124 e. The quantitative estimate of drug-likeness (QED) is 0.404. The Hall–Kier alpha value is -0.510. The molecule has 1 aromatic carbocycles. The molecular weight excluding hydrogens is 450 g/mol. The van der Waals surface area contributed by atoms with Gasteiger partial charge in [0.05, 0.1) is 21.9 Å². The molecule has 0 saturated carbocycles. The maximum Gasteiger partial charge on any atom is 0.124 e. The average molecular weight is 467 g/mol. The second-order valence-electron chi connectivity index (χ2n) is 4.77. The van der Waals surface area contributed by atoms with Gasteiger partial charge in [-0.15, -0.1) is 0 Å². The zero-order valence-corrected chi connectivity index (χ0v) is 15.6. The summed E-state index contributed by atoms with van der Waals surface area (Å²) in [6, 6.07) is 4.63. The van der Waals surface area contributed by atoms with Crippen molar-refractivity contribution in [1.82, 2.24) is 15.2 Å². The second kappa shape index (κ2) is 7.17. The van der Waals surface area contributed by atoms with Gasteiger partial charge in [0.25, 0.3) is 0 Å². The van der Waals surface area contributed by atoms with Crippen molar-refractivity contribution in [3.63, 3.8) is 0 Å². The predicted octanol–water partition coefficient (Wildman–Crippen LogP) is 3.24. The van der Waals surface area contributed by atoms with Crippen molar-refractivity contribution in [2.24, 2.45) is 12.9 Å². The summed E-state index contributed by atoms with van der Waals surface area (Å²) in [6.45, 7) is 2.07. The van der Waals surface area contributed by atoms with Crippen LogP contribution in [0.4, 0.5) is 4.39 Å². The highest BCUT2D eigenvalue weighted by atomic mass is 127. The third kappa shape index (κ3) is 3.64. The Labute approximate surface area is 145 Å². The van der Waals surface area contributed by atoms with Crippen molar-refractivity contribution < 1.29 is 4.39 Å². The first-order valence-corrected chi connectivity index (χ1v) is 8.46. The highest BCUT2D eigenvalue weighted by Gasteiger charge is 2.20. The molecule has 0 bridgehead atoms. The first-order chi connectivity index (χ1) is 9.97. The number of benzene rings is 1. The first-order valence-electron chi connectivity index (χ1n) is 6.59. The summed E-state index contributed by atoms with van der Waals surface area (Å²) in [5.41, 5.74) is 5.89. The number of nitrogens with zero attached hydrogens (tertiary/aromatic N) is 2. The van der Waals surface area contributed by atoms with Gasteiger partial charge in [0.2, 0.25) is 0 Å². The Kier molecular flexibility index (Phi) is 5.75. The van der Waals surface area contributed by atoms with Crippen LogP contribution >= 0.6 is 38.5 Å². The largest absolute Gasteiger partial charge is 0.271 e. The highest BCUT2D eigenvalue weighted by molar-refractivity contribution is 14.1. The Bertz CT molecular complexity index is 644. The van der Waals surface area contributed by atoms with E-state index < -0.39 is 0 Å². The van der Waals surface area contributed by atoms with Crippen LogP contribution in [0.5, 0.6) is 0 Å². The van der Waals surface area contributed by atoms with E-state index in [0.717, 1.165) is 31.4 Å². The van der Waals surface area contributed by atoms with Crippen LogP contribution in [0, 0.1) is 9.39 Å². The molecule has 0 aliphatic carbocycles. The van der Waals surface area contributed by atoms with Crippen molar-refractivity contribution in [1.29, 1.82) is 0 Å². The van der Waals surface area contributed by atoms with E-state index in [0.29, 0.717) is 6.42 Å². The predicted molar refractivity (Wildman–Crippen MR) is 93.2 cm³/mol. The molecule has 2 rings (SSSR count). The van der Waals surface area contributed by atoms with E-state index in [1.807, 2.05) is 11.7 Å². The van der Waals surface area contributed by atoms with Gasteiger partial charge in [-0.25, -0.2) is 4.39 Å². The van der Waals surface area contributed by atoms with Gasteiger partial charge in [-0.05, 0) is 62.6 Å². The van der Waals surface area contributed by atoms with Gasteiger partial charge in [-0.1, -0.05) is 13.0 Å². The molecule has 3 N–H and O–H groups in total. The molecule has 0 saturated heterocycles. The summed E-state index contributed by atoms with van der Waals surface area (Å²) >= 11 is 5.74. The summed E-state index contributed by atoms with van der Waals surface area (Å²) in [7, 11) is 1.92. The van der Waals surface area contributed by atoms with Gasteiger partial charge >= 0.3 is 0 Å². The van der Waals surface area contributed by atoms with Crippen LogP contribution in [0.3, 0.4) is 0 Å². The molecule has 0 aliphatic rings. The van der Waals surface area contributed by atoms with Crippen LogP contribution in [0.15, 0.2) is 22.7 Å². The average Bonchev–Trinajstić information content (AvgIpc) is 2.72. The van der Waals surface area contributed by atoms with Crippen molar-refractivity contribution in [2.75, 3.05) is 0 Å². The second-order valence-corrected chi connectivity index (χ2v) is 6.73. The molecule has 21 heavy (non-hydrogen) atoms. The zero-order valence-electron chi connectivity index (χ0n) is 11.8. The summed E-state index contributed by atoms with van der Waals surface area (Å²) in [5, 5.41) is 4.49. The molecule has 0 fully saturated rings. The van der Waals surface area contributed by atoms with Crippen LogP contribution in [0.2, 0.25) is 0 Å². The number of aryl methyl sites for hydroxylation is 2. The first kappa shape index (κ1) is 16.9. The molecule has 1 atom stereocenters. The summed E-state index contributed by atoms with van der Waals surface area (Å²) in [4.78, 5) is 0. The number of nitrogens with two attached hydrogens (primary N) is 1. The number of hydrogen-bond acceptors (Lipinski definition) is 3. The van der Waals surface area contributed by atoms with Gasteiger partial charge in [-0.3, -0.25) is 16.0 Å². The minimum Gasteiger partial charge on any atom is -0.271 e. The normalized spacial score (nSPS) is 12.7. The summed E-state index contributed by atoms with van der Waals surface area (Å²) in [6.07, 6.45) is 1.53. The van der Waals surface area contributed by atoms with Crippen molar-refractivity contribution in [3.8, 4) is 0 Å². The monoisotopic (exact) mass is 466 g/mol. The third-order valence-electron chi connectivity index (χ3n) is 3.44. The standard InChI is InChI=1S/C14H17BrFIN4/c1-3-11-14(15)13(21(2)20-11)7-12(19-18)9-5-4-8(16)6-10(9)17/h4-6,12,19H,3,7,18H2,1-2H3. The Balaban J connectivity index is 2.33. The Morgan fingerprint density at radius 1 is 1.52 bits per heavy atom. The lowest BCUT2D eigenvalue weighted by Crippen LogP contribution is -2.30. The van der Waals surface area contributed by atoms with Crippen molar-refractivity contribution >= 4 is 38.5 Å². The number of halogens is 3. The lowest BCUT2D eigenvalue weighted by Gasteiger charge is -2.18. The molecule has 1 heterocycles. The fourth-order valence-corrected chi connectivity index (χ4v) is 3.91. The molecule has 0 amide bonds. The molecule has 0 radical (unpaired) electrons. The topological polar surface area (TPSA) is 55.9 Å². The minimum absolute atomic E-state index is 0.103. The van der Waals surface area contributed by atoms with Gasteiger partial charge in [-0.2, -0.15) is 5.10 Å². The number of nitrogens with one attached hydrogen (secondary N) is 1. The number of aromatic nitrogens is 2. The number of hydrogen-bond donors (Lipinski definition) is 2. The lowest BCUT2D eigenvalue weighted by molar-refractivity contribution is 0.525. The van der Waals surface area contributed by atoms with Crippen molar-refractivity contribution in [3.05, 3.63) is 49.0 Å². The molecule has 1 unspecified atom stereocenters. The maximum absolute atomic E-state index is 13.2. The zero-order chi connectivity index (χ0) is 15.6. The molecule has 0 aliphatic heterocycles. The maximum atomic E-state index is 13.2. The van der Waals surface area contributed by atoms with Gasteiger partial charge in [0.1, 0.15) is 5.82 Å². The van der Waals surface area contributed by atoms with E-state index in [1.54, 1.807) is 6.07 Å². The van der Waals surface area contributed by atoms with Gasteiger partial charge in [0, 0.05) is 17.0 Å². The summed E-state index contributed by atoms with van der Waals surface area (Å²) < 4.78 is 17.0. The number of rotatable bonds is 5. The molecule has 4 nitrogen and oxygen atoms in total. The van der Waals surface area contributed by atoms with Crippen LogP contribution in [-0.4, -0.2) is 9.78 Å². The molecule has 7 heteroatoms. The van der Waals surface area contributed by atoms with Crippen LogP contribution in [0.25, 0.3) is 0 Å². The summed E-state index contributed by atoms with van der Waals surface area (Å²) in [5.74, 6) is 5.47.